The zero-order chi connectivity index (χ0) is 22.4. The summed E-state index contributed by atoms with van der Waals surface area (Å²) in [5.74, 6) is -0.881. The molecular weight excluding hydrogens is 401 g/mol. The Morgan fingerprint density at radius 3 is 2.58 bits per heavy atom. The number of hydrogen-bond donors (Lipinski definition) is 1. The Balaban J connectivity index is 1.85. The van der Waals surface area contributed by atoms with Crippen molar-refractivity contribution in [3.05, 3.63) is 65.5 Å². The normalized spacial score (nSPS) is 16.6. The number of rotatable bonds is 4. The zero-order valence-corrected chi connectivity index (χ0v) is 17.6. The quantitative estimate of drug-likeness (QED) is 0.814. The molecule has 3 rings (SSSR count). The van der Waals surface area contributed by atoms with Gasteiger partial charge in [-0.2, -0.15) is 0 Å². The topological polar surface area (TPSA) is 79.0 Å². The van der Waals surface area contributed by atoms with Crippen LogP contribution >= 0.6 is 0 Å². The molecule has 0 saturated carbocycles. The van der Waals surface area contributed by atoms with E-state index in [1.165, 1.54) is 21.9 Å². The van der Waals surface area contributed by atoms with Gasteiger partial charge in [-0.25, -0.2) is 9.18 Å². The van der Waals surface area contributed by atoms with E-state index in [9.17, 15) is 18.8 Å². The smallest absolute Gasteiger partial charge is 0.407 e. The van der Waals surface area contributed by atoms with Crippen LogP contribution in [0.4, 0.5) is 14.9 Å². The number of nitrogens with one attached hydrogen (secondary N) is 1. The summed E-state index contributed by atoms with van der Waals surface area (Å²) in [5, 5.41) is 2.61. The average molecular weight is 427 g/mol. The van der Waals surface area contributed by atoms with E-state index in [-0.39, 0.29) is 37.1 Å². The van der Waals surface area contributed by atoms with E-state index >= 15 is 0 Å². The van der Waals surface area contributed by atoms with Crippen LogP contribution in [0.2, 0.25) is 0 Å². The summed E-state index contributed by atoms with van der Waals surface area (Å²) in [7, 11) is 1.64. The Labute approximate surface area is 180 Å². The Hall–Kier alpha value is -3.42. The van der Waals surface area contributed by atoms with Gasteiger partial charge in [-0.15, -0.1) is 0 Å². The molecular formula is C23H26FN3O4. The lowest BCUT2D eigenvalue weighted by molar-refractivity contribution is -0.134. The van der Waals surface area contributed by atoms with Gasteiger partial charge in [0.05, 0.1) is 12.1 Å². The van der Waals surface area contributed by atoms with Crippen LogP contribution in [0, 0.1) is 5.82 Å². The van der Waals surface area contributed by atoms with E-state index in [0.717, 1.165) is 0 Å². The summed E-state index contributed by atoms with van der Waals surface area (Å²) in [6.07, 6.45) is -0.798. The van der Waals surface area contributed by atoms with Crippen molar-refractivity contribution < 1.29 is 23.5 Å². The number of anilines is 1. The highest BCUT2D eigenvalue weighted by Gasteiger charge is 2.29. The predicted molar refractivity (Wildman–Crippen MR) is 114 cm³/mol. The maximum Gasteiger partial charge on any atom is 0.407 e. The molecule has 164 valence electrons. The van der Waals surface area contributed by atoms with Crippen LogP contribution in [0.5, 0.6) is 0 Å². The first-order valence-corrected chi connectivity index (χ1v) is 10.2. The van der Waals surface area contributed by atoms with E-state index in [1.807, 2.05) is 12.1 Å². The second kappa shape index (κ2) is 10.1. The third-order valence-corrected chi connectivity index (χ3v) is 5.20. The minimum Gasteiger partial charge on any atom is -0.441 e. The standard InChI is InChI=1S/C23H26FN3O4/c1-3-25-23(30)31-20-12-13-27(21(28)14-16-8-10-17(24)11-9-16)15-22(29)26(2)19-7-5-4-6-18(19)20/h4-11,20H,3,12-15H2,1-2H3,(H,25,30). The lowest BCUT2D eigenvalue weighted by atomic mass is 10.0. The van der Waals surface area contributed by atoms with Gasteiger partial charge in [0.1, 0.15) is 18.5 Å². The fourth-order valence-electron chi connectivity index (χ4n) is 3.52. The molecule has 1 aliphatic rings. The number of halogens is 1. The van der Waals surface area contributed by atoms with Gasteiger partial charge < -0.3 is 19.9 Å². The molecule has 1 heterocycles. The van der Waals surface area contributed by atoms with E-state index < -0.39 is 12.2 Å². The molecule has 2 aromatic carbocycles. The monoisotopic (exact) mass is 427 g/mol. The number of alkyl carbamates (subject to hydrolysis) is 1. The Morgan fingerprint density at radius 1 is 1.16 bits per heavy atom. The molecule has 31 heavy (non-hydrogen) atoms. The van der Waals surface area contributed by atoms with Crippen molar-refractivity contribution in [2.75, 3.05) is 31.6 Å². The SMILES string of the molecule is CCNC(=O)OC1CCN(C(=O)Cc2ccc(F)cc2)CC(=O)N(C)c2ccccc21. The minimum atomic E-state index is -0.628. The molecule has 0 saturated heterocycles. The van der Waals surface area contributed by atoms with Crippen LogP contribution in [0.15, 0.2) is 48.5 Å². The molecule has 0 spiro atoms. The average Bonchev–Trinajstić information content (AvgIpc) is 2.80. The van der Waals surface area contributed by atoms with Gasteiger partial charge in [-0.3, -0.25) is 9.59 Å². The lowest BCUT2D eigenvalue weighted by Gasteiger charge is -2.24. The van der Waals surface area contributed by atoms with Crippen LogP contribution in [0.1, 0.15) is 30.6 Å². The highest BCUT2D eigenvalue weighted by molar-refractivity contribution is 5.97. The van der Waals surface area contributed by atoms with Gasteiger partial charge in [-0.1, -0.05) is 30.3 Å². The van der Waals surface area contributed by atoms with Crippen molar-refractivity contribution in [3.63, 3.8) is 0 Å². The van der Waals surface area contributed by atoms with Crippen molar-refractivity contribution in [2.24, 2.45) is 0 Å². The predicted octanol–water partition coefficient (Wildman–Crippen LogP) is 3.05. The van der Waals surface area contributed by atoms with Gasteiger partial charge >= 0.3 is 6.09 Å². The summed E-state index contributed by atoms with van der Waals surface area (Å²) in [6, 6.07) is 12.9. The first kappa shape index (κ1) is 22.3. The zero-order valence-electron chi connectivity index (χ0n) is 17.6. The van der Waals surface area contributed by atoms with Crippen LogP contribution in [-0.4, -0.2) is 49.5 Å². The molecule has 1 N–H and O–H groups in total. The third-order valence-electron chi connectivity index (χ3n) is 5.20. The molecule has 3 amide bonds. The number of nitrogens with zero attached hydrogens (tertiary/aromatic N) is 2. The van der Waals surface area contributed by atoms with Crippen molar-refractivity contribution in [3.8, 4) is 0 Å². The number of carbonyl (C=O) groups is 3. The number of likely N-dealkylation sites (N-methyl/N-ethyl adjacent to an activating group) is 1. The molecule has 0 radical (unpaired) electrons. The third kappa shape index (κ3) is 5.59. The number of amides is 3. The van der Waals surface area contributed by atoms with Crippen molar-refractivity contribution in [2.45, 2.75) is 25.9 Å². The van der Waals surface area contributed by atoms with Gasteiger partial charge in [0.25, 0.3) is 0 Å². The Kier molecular flexibility index (Phi) is 7.23. The molecule has 1 unspecified atom stereocenters. The minimum absolute atomic E-state index is 0.0477. The van der Waals surface area contributed by atoms with Gasteiger partial charge in [0.2, 0.25) is 11.8 Å². The summed E-state index contributed by atoms with van der Waals surface area (Å²) in [6.45, 7) is 2.35. The first-order valence-electron chi connectivity index (χ1n) is 10.2. The fraction of sp³-hybridized carbons (Fsp3) is 0.348. The summed E-state index contributed by atoms with van der Waals surface area (Å²) in [4.78, 5) is 40.9. The largest absolute Gasteiger partial charge is 0.441 e. The van der Waals surface area contributed by atoms with Crippen molar-refractivity contribution in [1.82, 2.24) is 10.2 Å². The van der Waals surface area contributed by atoms with Crippen molar-refractivity contribution in [1.29, 1.82) is 0 Å². The number of para-hydroxylation sites is 1. The first-order chi connectivity index (χ1) is 14.9. The van der Waals surface area contributed by atoms with E-state index in [2.05, 4.69) is 5.32 Å². The molecule has 1 aliphatic heterocycles. The molecule has 7 nitrogen and oxygen atoms in total. The van der Waals surface area contributed by atoms with Gasteiger partial charge in [0, 0.05) is 32.1 Å². The van der Waals surface area contributed by atoms with E-state index in [4.69, 9.17) is 4.74 Å². The van der Waals surface area contributed by atoms with Crippen LogP contribution in [0.25, 0.3) is 0 Å². The summed E-state index contributed by atoms with van der Waals surface area (Å²) < 4.78 is 18.8. The number of ether oxygens (including phenoxy) is 1. The Morgan fingerprint density at radius 2 is 1.87 bits per heavy atom. The number of benzene rings is 2. The van der Waals surface area contributed by atoms with E-state index in [1.54, 1.807) is 38.2 Å². The van der Waals surface area contributed by atoms with Crippen LogP contribution in [0.3, 0.4) is 0 Å². The molecule has 2 aromatic rings. The molecule has 0 aromatic heterocycles. The molecule has 0 bridgehead atoms. The maximum absolute atomic E-state index is 13.2. The lowest BCUT2D eigenvalue weighted by Crippen LogP contribution is -2.42. The van der Waals surface area contributed by atoms with Gasteiger partial charge in [0.15, 0.2) is 0 Å². The maximum atomic E-state index is 13.2. The van der Waals surface area contributed by atoms with Crippen molar-refractivity contribution >= 4 is 23.6 Å². The highest BCUT2D eigenvalue weighted by atomic mass is 19.1. The Bertz CT molecular complexity index is 948. The number of carbonyl (C=O) groups excluding carboxylic acids is 3. The molecule has 1 atom stereocenters. The number of fused-ring (bicyclic) bond motifs is 1. The summed E-state index contributed by atoms with van der Waals surface area (Å²) in [5.41, 5.74) is 2.00. The van der Waals surface area contributed by atoms with E-state index in [0.29, 0.717) is 29.8 Å². The highest BCUT2D eigenvalue weighted by Crippen LogP contribution is 2.32. The van der Waals surface area contributed by atoms with Gasteiger partial charge in [-0.05, 0) is 30.7 Å². The molecule has 0 fully saturated rings. The molecule has 0 aliphatic carbocycles. The summed E-state index contributed by atoms with van der Waals surface area (Å²) >= 11 is 0. The second-order valence-electron chi connectivity index (χ2n) is 7.34. The number of hydrogen-bond acceptors (Lipinski definition) is 4. The fourth-order valence-corrected chi connectivity index (χ4v) is 3.52. The second-order valence-corrected chi connectivity index (χ2v) is 7.34. The van der Waals surface area contributed by atoms with Crippen LogP contribution in [-0.2, 0) is 20.7 Å². The van der Waals surface area contributed by atoms with Crippen LogP contribution < -0.4 is 10.2 Å². The molecule has 8 heteroatoms.